The number of hydrogen-bond acceptors (Lipinski definition) is 4. The van der Waals surface area contributed by atoms with Gasteiger partial charge in [-0.05, 0) is 167 Å². The highest BCUT2D eigenvalue weighted by atomic mass is 32.2. The predicted octanol–water partition coefficient (Wildman–Crippen LogP) is 16.0. The van der Waals surface area contributed by atoms with Crippen molar-refractivity contribution in [1.29, 1.82) is 0 Å². The Morgan fingerprint density at radius 1 is 0.698 bits per heavy atom. The number of ether oxygens (including phenoxy) is 1. The Morgan fingerprint density at radius 2 is 1.41 bits per heavy atom. The van der Waals surface area contributed by atoms with E-state index in [1.54, 1.807) is 0 Å². The minimum Gasteiger partial charge on any atom is -0.457 e. The Labute approximate surface area is 380 Å². The lowest BCUT2D eigenvalue weighted by atomic mass is 9.78. The number of nitrogens with zero attached hydrogens (tertiary/aromatic N) is 3. The van der Waals surface area contributed by atoms with Gasteiger partial charge in [0, 0.05) is 28.6 Å². The lowest BCUT2D eigenvalue weighted by Gasteiger charge is -2.31. The molecule has 1 aliphatic heterocycles. The Kier molecular flexibility index (Phi) is 10.1. The molecule has 5 aromatic carbocycles. The van der Waals surface area contributed by atoms with Gasteiger partial charge in [0.1, 0.15) is 17.1 Å². The largest absolute Gasteiger partial charge is 0.457 e. The summed E-state index contributed by atoms with van der Waals surface area (Å²) in [6.45, 7) is 34.5. The molecule has 0 saturated heterocycles. The van der Waals surface area contributed by atoms with Crippen LogP contribution in [0.1, 0.15) is 146 Å². The van der Waals surface area contributed by atoms with E-state index in [0.717, 1.165) is 56.3 Å². The minimum absolute atomic E-state index is 0.0220. The zero-order valence-corrected chi connectivity index (χ0v) is 41.1. The van der Waals surface area contributed by atoms with Crippen molar-refractivity contribution >= 4 is 38.7 Å². The first-order valence-corrected chi connectivity index (χ1v) is 23.7. The zero-order chi connectivity index (χ0) is 45.2. The van der Waals surface area contributed by atoms with Gasteiger partial charge in [0.15, 0.2) is 0 Å². The van der Waals surface area contributed by atoms with Gasteiger partial charge >= 0.3 is 0 Å². The Bertz CT molecular complexity index is 3020. The number of pyridine rings is 1. The average Bonchev–Trinajstić information content (AvgIpc) is 3.76. The van der Waals surface area contributed by atoms with Crippen LogP contribution in [0.5, 0.6) is 11.5 Å². The molecule has 0 fully saturated rings. The van der Waals surface area contributed by atoms with Crippen LogP contribution in [-0.4, -0.2) is 20.1 Å². The van der Waals surface area contributed by atoms with Crippen molar-refractivity contribution in [2.24, 2.45) is 4.99 Å². The molecule has 1 aliphatic carbocycles. The molecule has 0 bridgehead atoms. The maximum absolute atomic E-state index is 7.26. The van der Waals surface area contributed by atoms with Crippen molar-refractivity contribution in [2.45, 2.75) is 143 Å². The van der Waals surface area contributed by atoms with Gasteiger partial charge in [-0.2, -0.15) is 0 Å². The van der Waals surface area contributed by atoms with Crippen LogP contribution < -0.4 is 4.74 Å². The van der Waals surface area contributed by atoms with Crippen molar-refractivity contribution < 1.29 is 4.74 Å². The third kappa shape index (κ3) is 7.23. The monoisotopic (exact) mass is 851 g/mol. The molecule has 0 N–H and O–H groups in total. The van der Waals surface area contributed by atoms with E-state index in [9.17, 15) is 0 Å². The highest BCUT2D eigenvalue weighted by Gasteiger charge is 2.57. The number of fused-ring (bicyclic) bond motifs is 6. The fourth-order valence-corrected chi connectivity index (χ4v) is 11.6. The number of benzene rings is 5. The lowest BCUT2D eigenvalue weighted by Crippen LogP contribution is -2.36. The summed E-state index contributed by atoms with van der Waals surface area (Å²) in [6, 6.07) is 36.3. The van der Waals surface area contributed by atoms with Gasteiger partial charge in [0.25, 0.3) is 0 Å². The zero-order valence-electron chi connectivity index (χ0n) is 40.3. The van der Waals surface area contributed by atoms with E-state index >= 15 is 0 Å². The van der Waals surface area contributed by atoms with Gasteiger partial charge < -0.3 is 4.74 Å². The van der Waals surface area contributed by atoms with Gasteiger partial charge in [-0.1, -0.05) is 124 Å². The van der Waals surface area contributed by atoms with Crippen molar-refractivity contribution in [3.63, 3.8) is 0 Å². The van der Waals surface area contributed by atoms with Crippen molar-refractivity contribution in [1.82, 2.24) is 9.55 Å². The Morgan fingerprint density at radius 3 is 2.11 bits per heavy atom. The van der Waals surface area contributed by atoms with Crippen LogP contribution in [0.15, 0.2) is 108 Å². The molecule has 3 heterocycles. The predicted molar refractivity (Wildman–Crippen MR) is 270 cm³/mol. The first-order valence-electron chi connectivity index (χ1n) is 22.9. The molecule has 0 unspecified atom stereocenters. The van der Waals surface area contributed by atoms with Crippen LogP contribution in [0.25, 0.3) is 38.8 Å². The van der Waals surface area contributed by atoms with Crippen molar-refractivity contribution in [3.8, 4) is 28.3 Å². The third-order valence-corrected chi connectivity index (χ3v) is 15.8. The summed E-state index contributed by atoms with van der Waals surface area (Å²) in [5.74, 6) is 1.93. The summed E-state index contributed by atoms with van der Waals surface area (Å²) in [5.41, 5.74) is 17.0. The van der Waals surface area contributed by atoms with Crippen LogP contribution in [0.3, 0.4) is 0 Å². The Hall–Kier alpha value is -5.13. The van der Waals surface area contributed by atoms with Crippen molar-refractivity contribution in [2.75, 3.05) is 0 Å². The summed E-state index contributed by atoms with van der Waals surface area (Å²) in [6.07, 6.45) is 2.84. The second-order valence-corrected chi connectivity index (χ2v) is 23.6. The van der Waals surface area contributed by atoms with Crippen molar-refractivity contribution in [3.05, 3.63) is 153 Å². The molecule has 7 aromatic rings. The average molecular weight is 852 g/mol. The van der Waals surface area contributed by atoms with Gasteiger partial charge in [-0.3, -0.25) is 9.56 Å². The summed E-state index contributed by atoms with van der Waals surface area (Å²) < 4.78 is 9.40. The molecule has 4 nitrogen and oxygen atoms in total. The smallest absolute Gasteiger partial charge is 0.145 e. The molecule has 0 saturated carbocycles. The minimum atomic E-state index is -0.267. The fourth-order valence-electron chi connectivity index (χ4n) is 10.1. The van der Waals surface area contributed by atoms with Crippen LogP contribution in [0.2, 0.25) is 0 Å². The SMILES string of the molecule is Cc1ccc2c(c1C)C[C@@]1(C)N=C(c3cc(Oc4cc(-n5c6ccc(C(C)(C)C)cc6c6cccnc65)cc(C(C)(C)C)c4)cc(-c4c(C(C)C)cccc4C(C)(C)C)c3)S[C@@]21C. The number of hydrogen-bond donors (Lipinski definition) is 0. The lowest BCUT2D eigenvalue weighted by molar-refractivity contribution is 0.407. The van der Waals surface area contributed by atoms with Gasteiger partial charge in [-0.15, -0.1) is 0 Å². The molecule has 0 amide bonds. The summed E-state index contributed by atoms with van der Waals surface area (Å²) in [5, 5.41) is 3.43. The second-order valence-electron chi connectivity index (χ2n) is 22.2. The molecule has 5 heteroatoms. The molecular weight excluding hydrogens is 787 g/mol. The van der Waals surface area contributed by atoms with E-state index in [4.69, 9.17) is 14.7 Å². The normalized spacial score (nSPS) is 19.0. The standard InChI is InChI=1S/C58H65N3OS/c1-34(2)44-18-16-20-49(56(11,12)13)51(44)37-26-38(53-60-57(14)33-47-36(4)35(3)21-23-48(47)58(57,15)63-53)28-42(27-37)62-43-30-40(55(8,9)10)29-41(32-43)61-50-24-22-39(54(5,6)7)31-46(50)45-19-17-25-59-52(45)61/h16-32,34H,33H2,1-15H3/t57-,58+/m1/s1. The summed E-state index contributed by atoms with van der Waals surface area (Å²) in [4.78, 5) is 10.7. The Balaban J connectivity index is 1.24. The number of thioether (sulfide) groups is 1. The third-order valence-electron chi connectivity index (χ3n) is 14.2. The molecule has 2 aromatic heterocycles. The van der Waals surface area contributed by atoms with E-state index in [1.807, 2.05) is 24.0 Å². The summed E-state index contributed by atoms with van der Waals surface area (Å²) in [7, 11) is 0. The highest BCUT2D eigenvalue weighted by molar-refractivity contribution is 8.15. The molecular formula is C58H65N3OS. The molecule has 324 valence electrons. The van der Waals surface area contributed by atoms with E-state index in [-0.39, 0.29) is 26.5 Å². The molecule has 0 radical (unpaired) electrons. The molecule has 0 spiro atoms. The van der Waals surface area contributed by atoms with Crippen LogP contribution in [0, 0.1) is 13.8 Å². The number of aromatic nitrogens is 2. The highest BCUT2D eigenvalue weighted by Crippen LogP contribution is 2.61. The molecule has 2 aliphatic rings. The van der Waals surface area contributed by atoms with Gasteiger partial charge in [0.05, 0.1) is 26.5 Å². The van der Waals surface area contributed by atoms with E-state index in [2.05, 4.69) is 199 Å². The summed E-state index contributed by atoms with van der Waals surface area (Å²) >= 11 is 1.93. The van der Waals surface area contributed by atoms with Crippen LogP contribution in [-0.2, 0) is 27.4 Å². The molecule has 9 rings (SSSR count). The maximum atomic E-state index is 7.26. The maximum Gasteiger partial charge on any atom is 0.145 e. The molecule has 2 atom stereocenters. The number of rotatable bonds is 6. The van der Waals surface area contributed by atoms with Gasteiger partial charge in [-0.25, -0.2) is 4.98 Å². The van der Waals surface area contributed by atoms with Crippen LogP contribution in [0.4, 0.5) is 0 Å². The first kappa shape index (κ1) is 43.1. The number of aliphatic imine (C=N–C) groups is 1. The van der Waals surface area contributed by atoms with E-state index in [1.165, 1.54) is 55.5 Å². The van der Waals surface area contributed by atoms with E-state index in [0.29, 0.717) is 5.92 Å². The number of aryl methyl sites for hydroxylation is 1. The van der Waals surface area contributed by atoms with Gasteiger partial charge in [0.2, 0.25) is 0 Å². The first-order chi connectivity index (χ1) is 29.5. The fraction of sp³-hybridized carbons (Fsp3) is 0.379. The quantitative estimate of drug-likeness (QED) is 0.167. The topological polar surface area (TPSA) is 39.4 Å². The van der Waals surface area contributed by atoms with Crippen LogP contribution >= 0.6 is 11.8 Å². The van der Waals surface area contributed by atoms with E-state index < -0.39 is 0 Å². The second kappa shape index (κ2) is 14.7. The molecule has 63 heavy (non-hydrogen) atoms.